The van der Waals surface area contributed by atoms with Crippen LogP contribution in [0.1, 0.15) is 13.3 Å². The van der Waals surface area contributed by atoms with Crippen LogP contribution in [-0.4, -0.2) is 24.6 Å². The Hall–Kier alpha value is -0.770. The van der Waals surface area contributed by atoms with Crippen LogP contribution >= 0.6 is 23.2 Å². The lowest BCUT2D eigenvalue weighted by molar-refractivity contribution is -0.154. The molecule has 0 radical (unpaired) electrons. The molecule has 5 heteroatoms. The van der Waals surface area contributed by atoms with Gasteiger partial charge in [0.25, 0.3) is 0 Å². The summed E-state index contributed by atoms with van der Waals surface area (Å²) in [6.45, 7) is 2.34. The van der Waals surface area contributed by atoms with Crippen LogP contribution in [0.5, 0.6) is 5.75 Å². The predicted molar refractivity (Wildman–Crippen MR) is 65.9 cm³/mol. The zero-order valence-corrected chi connectivity index (χ0v) is 10.8. The molecule has 0 aliphatic heterocycles. The summed E-state index contributed by atoms with van der Waals surface area (Å²) in [7, 11) is 0. The summed E-state index contributed by atoms with van der Waals surface area (Å²) in [5, 5.41) is 0.987. The van der Waals surface area contributed by atoms with Crippen LogP contribution in [0.4, 0.5) is 0 Å². The number of benzene rings is 1. The summed E-state index contributed by atoms with van der Waals surface area (Å²) in [5.74, 6) is 0.597. The molecule has 0 aromatic heterocycles. The van der Waals surface area contributed by atoms with Gasteiger partial charge in [0.1, 0.15) is 11.9 Å². The quantitative estimate of drug-likeness (QED) is 0.846. The van der Waals surface area contributed by atoms with E-state index in [1.807, 2.05) is 6.92 Å². The van der Waals surface area contributed by atoms with Gasteiger partial charge < -0.3 is 9.47 Å². The lowest BCUT2D eigenvalue weighted by Crippen LogP contribution is -2.52. The van der Waals surface area contributed by atoms with Gasteiger partial charge in [-0.3, -0.25) is 4.79 Å². The fourth-order valence-electron chi connectivity index (χ4n) is 1.69. The average Bonchev–Trinajstić information content (AvgIpc) is 2.28. The van der Waals surface area contributed by atoms with Crippen molar-refractivity contribution in [3.63, 3.8) is 0 Å². The molecule has 2 rings (SSSR count). The number of Topliss-reactive ketones (excluding diaryl/α,β-unsaturated/α-hetero) is 1. The second-order valence-electron chi connectivity index (χ2n) is 3.78. The molecule has 0 spiro atoms. The minimum Gasteiger partial charge on any atom is -0.485 e. The van der Waals surface area contributed by atoms with Crippen LogP contribution in [0.3, 0.4) is 0 Å². The number of ketones is 1. The highest BCUT2D eigenvalue weighted by Gasteiger charge is 2.42. The molecule has 0 bridgehead atoms. The van der Waals surface area contributed by atoms with E-state index in [4.69, 9.17) is 32.7 Å². The number of rotatable bonds is 4. The molecule has 1 aliphatic carbocycles. The summed E-state index contributed by atoms with van der Waals surface area (Å²) >= 11 is 11.8. The van der Waals surface area contributed by atoms with Gasteiger partial charge in [-0.05, 0) is 25.1 Å². The Morgan fingerprint density at radius 3 is 2.76 bits per heavy atom. The zero-order valence-electron chi connectivity index (χ0n) is 9.28. The first kappa shape index (κ1) is 12.7. The third-order valence-corrected chi connectivity index (χ3v) is 3.11. The van der Waals surface area contributed by atoms with Gasteiger partial charge in [0.05, 0.1) is 5.02 Å². The molecule has 17 heavy (non-hydrogen) atoms. The summed E-state index contributed by atoms with van der Waals surface area (Å²) in [6, 6.07) is 4.99. The third kappa shape index (κ3) is 2.73. The second-order valence-corrected chi connectivity index (χ2v) is 4.62. The van der Waals surface area contributed by atoms with Gasteiger partial charge >= 0.3 is 0 Å². The largest absolute Gasteiger partial charge is 0.485 e. The molecule has 3 nitrogen and oxygen atoms in total. The minimum atomic E-state index is -0.466. The Balaban J connectivity index is 2.04. The molecule has 1 aromatic carbocycles. The van der Waals surface area contributed by atoms with Gasteiger partial charge in [-0.25, -0.2) is 0 Å². The van der Waals surface area contributed by atoms with Crippen molar-refractivity contribution in [2.24, 2.45) is 0 Å². The average molecular weight is 275 g/mol. The summed E-state index contributed by atoms with van der Waals surface area (Å²) in [5.41, 5.74) is 0. The minimum absolute atomic E-state index is 0.0712. The molecule has 2 unspecified atom stereocenters. The number of hydrogen-bond donors (Lipinski definition) is 0. The van der Waals surface area contributed by atoms with Gasteiger partial charge in [-0.15, -0.1) is 0 Å². The van der Waals surface area contributed by atoms with Crippen molar-refractivity contribution in [2.45, 2.75) is 25.6 Å². The number of halogens is 2. The van der Waals surface area contributed by atoms with E-state index in [0.29, 0.717) is 28.8 Å². The Labute approximate surface area is 110 Å². The van der Waals surface area contributed by atoms with Gasteiger partial charge in [-0.1, -0.05) is 23.2 Å². The van der Waals surface area contributed by atoms with Crippen LogP contribution in [-0.2, 0) is 9.53 Å². The van der Waals surface area contributed by atoms with E-state index in [0.717, 1.165) is 0 Å². The van der Waals surface area contributed by atoms with E-state index in [1.54, 1.807) is 18.2 Å². The van der Waals surface area contributed by atoms with Crippen molar-refractivity contribution in [3.8, 4) is 5.75 Å². The molecule has 1 aromatic rings. The van der Waals surface area contributed by atoms with Crippen LogP contribution in [0.25, 0.3) is 0 Å². The second kappa shape index (κ2) is 5.25. The molecule has 0 N–H and O–H groups in total. The van der Waals surface area contributed by atoms with Gasteiger partial charge in [0.2, 0.25) is 0 Å². The van der Waals surface area contributed by atoms with Crippen LogP contribution < -0.4 is 4.74 Å². The van der Waals surface area contributed by atoms with Crippen molar-refractivity contribution in [2.75, 3.05) is 6.61 Å². The SMILES string of the molecule is CCOC1C(=O)CC1Oc1ccc(Cl)cc1Cl. The maximum atomic E-state index is 11.3. The van der Waals surface area contributed by atoms with Gasteiger partial charge in [-0.2, -0.15) is 0 Å². The maximum absolute atomic E-state index is 11.3. The van der Waals surface area contributed by atoms with E-state index in [-0.39, 0.29) is 11.9 Å². The van der Waals surface area contributed by atoms with Crippen LogP contribution in [0.15, 0.2) is 18.2 Å². The number of carbonyl (C=O) groups is 1. The number of hydrogen-bond acceptors (Lipinski definition) is 3. The first-order valence-corrected chi connectivity index (χ1v) is 6.13. The normalized spacial score (nSPS) is 23.4. The van der Waals surface area contributed by atoms with E-state index in [2.05, 4.69) is 0 Å². The fourth-order valence-corrected chi connectivity index (χ4v) is 2.14. The van der Waals surface area contributed by atoms with Gasteiger partial charge in [0, 0.05) is 18.1 Å². The Morgan fingerprint density at radius 2 is 2.18 bits per heavy atom. The summed E-state index contributed by atoms with van der Waals surface area (Å²) in [6.07, 6.45) is -0.350. The van der Waals surface area contributed by atoms with E-state index in [1.165, 1.54) is 0 Å². The molecule has 0 saturated heterocycles. The standard InChI is InChI=1S/C12H12Cl2O3/c1-2-16-12-9(15)6-11(12)17-10-4-3-7(13)5-8(10)14/h3-5,11-12H,2,6H2,1H3. The van der Waals surface area contributed by atoms with Crippen molar-refractivity contribution in [1.82, 2.24) is 0 Å². The Bertz CT molecular complexity index is 434. The van der Waals surface area contributed by atoms with E-state index < -0.39 is 6.10 Å². The van der Waals surface area contributed by atoms with E-state index >= 15 is 0 Å². The molecule has 0 heterocycles. The first-order chi connectivity index (χ1) is 8.11. The molecule has 1 aliphatic rings. The fraction of sp³-hybridized carbons (Fsp3) is 0.417. The third-order valence-electron chi connectivity index (χ3n) is 2.58. The smallest absolute Gasteiger partial charge is 0.169 e. The number of ether oxygens (including phenoxy) is 2. The molecule has 0 amide bonds. The summed E-state index contributed by atoms with van der Waals surface area (Å²) in [4.78, 5) is 11.3. The maximum Gasteiger partial charge on any atom is 0.169 e. The Kier molecular flexibility index (Phi) is 3.92. The summed E-state index contributed by atoms with van der Waals surface area (Å²) < 4.78 is 10.9. The van der Waals surface area contributed by atoms with Crippen LogP contribution in [0, 0.1) is 0 Å². The van der Waals surface area contributed by atoms with Crippen LogP contribution in [0.2, 0.25) is 10.0 Å². The molecular weight excluding hydrogens is 263 g/mol. The van der Waals surface area contributed by atoms with Gasteiger partial charge in [0.15, 0.2) is 11.9 Å². The predicted octanol–water partition coefficient (Wildman–Crippen LogP) is 3.12. The molecule has 92 valence electrons. The van der Waals surface area contributed by atoms with Crippen molar-refractivity contribution in [3.05, 3.63) is 28.2 Å². The highest BCUT2D eigenvalue weighted by Crippen LogP contribution is 2.32. The highest BCUT2D eigenvalue weighted by molar-refractivity contribution is 6.35. The topological polar surface area (TPSA) is 35.5 Å². The monoisotopic (exact) mass is 274 g/mol. The molecule has 1 fully saturated rings. The lowest BCUT2D eigenvalue weighted by Gasteiger charge is -2.34. The Morgan fingerprint density at radius 1 is 1.41 bits per heavy atom. The molecule has 1 saturated carbocycles. The molecular formula is C12H12Cl2O3. The zero-order chi connectivity index (χ0) is 12.4. The van der Waals surface area contributed by atoms with Crippen molar-refractivity contribution >= 4 is 29.0 Å². The highest BCUT2D eigenvalue weighted by atomic mass is 35.5. The first-order valence-electron chi connectivity index (χ1n) is 5.38. The van der Waals surface area contributed by atoms with Crippen molar-refractivity contribution in [1.29, 1.82) is 0 Å². The lowest BCUT2D eigenvalue weighted by atomic mass is 9.90. The van der Waals surface area contributed by atoms with Crippen molar-refractivity contribution < 1.29 is 14.3 Å². The molecule has 2 atom stereocenters. The number of carbonyl (C=O) groups excluding carboxylic acids is 1. The van der Waals surface area contributed by atoms with E-state index in [9.17, 15) is 4.79 Å².